The van der Waals surface area contributed by atoms with Crippen molar-refractivity contribution in [2.45, 2.75) is 52.0 Å². The number of urea groups is 1. The van der Waals surface area contributed by atoms with E-state index >= 15 is 0 Å². The number of ether oxygens (including phenoxy) is 1. The molecule has 0 saturated heterocycles. The molecular formula is C16H22N2O4S. The van der Waals surface area contributed by atoms with Crippen molar-refractivity contribution in [1.82, 2.24) is 10.6 Å². The van der Waals surface area contributed by atoms with Crippen LogP contribution in [0.4, 0.5) is 4.79 Å². The van der Waals surface area contributed by atoms with Gasteiger partial charge in [-0.15, -0.1) is 11.3 Å². The highest BCUT2D eigenvalue weighted by atomic mass is 32.1. The maximum absolute atomic E-state index is 11.9. The largest absolute Gasteiger partial charge is 0.451 e. The first-order chi connectivity index (χ1) is 11.0. The van der Waals surface area contributed by atoms with Gasteiger partial charge in [0.25, 0.3) is 5.91 Å². The molecule has 0 atom stereocenters. The quantitative estimate of drug-likeness (QED) is 0.808. The Morgan fingerprint density at radius 3 is 2.61 bits per heavy atom. The Morgan fingerprint density at radius 1 is 1.30 bits per heavy atom. The van der Waals surface area contributed by atoms with Gasteiger partial charge >= 0.3 is 12.0 Å². The van der Waals surface area contributed by atoms with Gasteiger partial charge in [-0.05, 0) is 37.8 Å². The molecule has 23 heavy (non-hydrogen) atoms. The zero-order valence-electron chi connectivity index (χ0n) is 13.4. The summed E-state index contributed by atoms with van der Waals surface area (Å²) < 4.78 is 4.95. The molecule has 1 fully saturated rings. The molecule has 1 saturated carbocycles. The first kappa shape index (κ1) is 17.5. The van der Waals surface area contributed by atoms with Crippen molar-refractivity contribution < 1.29 is 19.1 Å². The second kappa shape index (κ2) is 8.10. The van der Waals surface area contributed by atoms with Crippen LogP contribution in [0.1, 0.15) is 52.7 Å². The van der Waals surface area contributed by atoms with Crippen molar-refractivity contribution in [2.24, 2.45) is 0 Å². The third-order valence-corrected chi connectivity index (χ3v) is 4.95. The number of imide groups is 1. The van der Waals surface area contributed by atoms with E-state index in [2.05, 4.69) is 10.6 Å². The van der Waals surface area contributed by atoms with Crippen LogP contribution in [0.5, 0.6) is 0 Å². The number of nitrogens with one attached hydrogen (secondary N) is 2. The lowest BCUT2D eigenvalue weighted by Gasteiger charge is -2.12. The number of thiophene rings is 1. The molecule has 0 bridgehead atoms. The summed E-state index contributed by atoms with van der Waals surface area (Å²) in [5, 5.41) is 4.92. The molecule has 1 aromatic heterocycles. The number of aryl methyl sites for hydroxylation is 2. The van der Waals surface area contributed by atoms with Gasteiger partial charge in [-0.2, -0.15) is 0 Å². The molecule has 0 radical (unpaired) electrons. The van der Waals surface area contributed by atoms with Crippen LogP contribution in [0.2, 0.25) is 0 Å². The van der Waals surface area contributed by atoms with Crippen molar-refractivity contribution in [2.75, 3.05) is 6.61 Å². The Labute approximate surface area is 139 Å². The monoisotopic (exact) mass is 338 g/mol. The van der Waals surface area contributed by atoms with E-state index in [1.54, 1.807) is 6.07 Å². The van der Waals surface area contributed by atoms with Crippen LogP contribution in [0, 0.1) is 6.92 Å². The highest BCUT2D eigenvalue weighted by Gasteiger charge is 2.19. The maximum Gasteiger partial charge on any atom is 0.348 e. The van der Waals surface area contributed by atoms with Crippen LogP contribution in [0.25, 0.3) is 0 Å². The minimum absolute atomic E-state index is 0.131. The van der Waals surface area contributed by atoms with E-state index in [0.717, 1.165) is 42.5 Å². The summed E-state index contributed by atoms with van der Waals surface area (Å²) >= 11 is 1.35. The van der Waals surface area contributed by atoms with Gasteiger partial charge in [0.05, 0.1) is 0 Å². The molecule has 6 nitrogen and oxygen atoms in total. The van der Waals surface area contributed by atoms with Crippen molar-refractivity contribution in [3.8, 4) is 0 Å². The van der Waals surface area contributed by atoms with E-state index in [4.69, 9.17) is 4.74 Å². The molecule has 1 aliphatic carbocycles. The van der Waals surface area contributed by atoms with Crippen molar-refractivity contribution >= 4 is 29.2 Å². The fraction of sp³-hybridized carbons (Fsp3) is 0.562. The molecule has 1 aliphatic rings. The van der Waals surface area contributed by atoms with Gasteiger partial charge in [-0.25, -0.2) is 9.59 Å². The summed E-state index contributed by atoms with van der Waals surface area (Å²) in [6, 6.07) is 1.39. The molecule has 1 aromatic rings. The number of rotatable bonds is 5. The second-order valence-corrected chi connectivity index (χ2v) is 6.88. The summed E-state index contributed by atoms with van der Waals surface area (Å²) in [6.45, 7) is 3.50. The number of esters is 1. The van der Waals surface area contributed by atoms with Crippen LogP contribution in [0.15, 0.2) is 6.07 Å². The minimum Gasteiger partial charge on any atom is -0.451 e. The fourth-order valence-electron chi connectivity index (χ4n) is 2.63. The predicted molar refractivity (Wildman–Crippen MR) is 87.6 cm³/mol. The molecule has 3 amide bonds. The van der Waals surface area contributed by atoms with E-state index in [1.165, 1.54) is 11.3 Å². The summed E-state index contributed by atoms with van der Waals surface area (Å²) in [5.41, 5.74) is 1.10. The van der Waals surface area contributed by atoms with Gasteiger partial charge in [0, 0.05) is 10.9 Å². The standard InChI is InChI=1S/C16H22N2O4S/c1-3-11-8-13(23-10(11)2)15(20)22-9-14(19)18-16(21)17-12-6-4-5-7-12/h8,12H,3-7,9H2,1-2H3,(H2,17,18,19,21). The normalized spacial score (nSPS) is 14.5. The average molecular weight is 338 g/mol. The SMILES string of the molecule is CCc1cc(C(=O)OCC(=O)NC(=O)NC2CCCC2)sc1C. The second-order valence-electron chi connectivity index (χ2n) is 5.62. The van der Waals surface area contributed by atoms with E-state index < -0.39 is 24.5 Å². The number of hydrogen-bond donors (Lipinski definition) is 2. The highest BCUT2D eigenvalue weighted by molar-refractivity contribution is 7.14. The molecule has 0 aromatic carbocycles. The first-order valence-corrected chi connectivity index (χ1v) is 8.68. The van der Waals surface area contributed by atoms with Gasteiger partial charge in [0.2, 0.25) is 0 Å². The van der Waals surface area contributed by atoms with Crippen molar-refractivity contribution in [3.63, 3.8) is 0 Å². The summed E-state index contributed by atoms with van der Waals surface area (Å²) in [4.78, 5) is 36.7. The Morgan fingerprint density at radius 2 is 2.00 bits per heavy atom. The van der Waals surface area contributed by atoms with Gasteiger partial charge < -0.3 is 10.1 Å². The molecule has 0 aliphatic heterocycles. The lowest BCUT2D eigenvalue weighted by atomic mass is 10.2. The van der Waals surface area contributed by atoms with E-state index in [-0.39, 0.29) is 6.04 Å². The van der Waals surface area contributed by atoms with Crippen molar-refractivity contribution in [1.29, 1.82) is 0 Å². The maximum atomic E-state index is 11.9. The number of amides is 3. The predicted octanol–water partition coefficient (Wildman–Crippen LogP) is 2.54. The zero-order chi connectivity index (χ0) is 16.8. The topological polar surface area (TPSA) is 84.5 Å². The summed E-state index contributed by atoms with van der Waals surface area (Å²) in [7, 11) is 0. The van der Waals surface area contributed by atoms with Crippen LogP contribution in [-0.2, 0) is 16.0 Å². The first-order valence-electron chi connectivity index (χ1n) is 7.86. The Hall–Kier alpha value is -1.89. The Bertz CT molecular complexity index is 591. The molecule has 2 rings (SSSR count). The van der Waals surface area contributed by atoms with E-state index in [9.17, 15) is 14.4 Å². The molecule has 0 spiro atoms. The van der Waals surface area contributed by atoms with Crippen LogP contribution >= 0.6 is 11.3 Å². The third kappa shape index (κ3) is 5.06. The summed E-state index contributed by atoms with van der Waals surface area (Å²) in [6.07, 6.45) is 4.91. The van der Waals surface area contributed by atoms with Crippen LogP contribution in [0.3, 0.4) is 0 Å². The third-order valence-electron chi connectivity index (χ3n) is 3.88. The average Bonchev–Trinajstić information content (AvgIpc) is 3.13. The zero-order valence-corrected chi connectivity index (χ0v) is 14.3. The minimum atomic E-state index is -0.627. The van der Waals surface area contributed by atoms with Crippen molar-refractivity contribution in [3.05, 3.63) is 21.4 Å². The molecule has 7 heteroatoms. The summed E-state index contributed by atoms with van der Waals surface area (Å²) in [5.74, 6) is -1.16. The molecule has 2 N–H and O–H groups in total. The smallest absolute Gasteiger partial charge is 0.348 e. The van der Waals surface area contributed by atoms with Crippen LogP contribution in [-0.4, -0.2) is 30.6 Å². The highest BCUT2D eigenvalue weighted by Crippen LogP contribution is 2.22. The number of hydrogen-bond acceptors (Lipinski definition) is 5. The number of carbonyl (C=O) groups excluding carboxylic acids is 3. The lowest BCUT2D eigenvalue weighted by molar-refractivity contribution is -0.123. The van der Waals surface area contributed by atoms with Gasteiger partial charge in [-0.1, -0.05) is 19.8 Å². The van der Waals surface area contributed by atoms with Gasteiger partial charge in [0.15, 0.2) is 6.61 Å². The van der Waals surface area contributed by atoms with Crippen LogP contribution < -0.4 is 10.6 Å². The number of carbonyl (C=O) groups is 3. The molecule has 126 valence electrons. The fourth-order valence-corrected chi connectivity index (χ4v) is 3.64. The molecule has 0 unspecified atom stereocenters. The van der Waals surface area contributed by atoms with Gasteiger partial charge in [-0.3, -0.25) is 10.1 Å². The Kier molecular flexibility index (Phi) is 6.15. The Balaban J connectivity index is 1.74. The van der Waals surface area contributed by atoms with E-state index in [1.807, 2.05) is 13.8 Å². The molecule has 1 heterocycles. The van der Waals surface area contributed by atoms with E-state index in [0.29, 0.717) is 4.88 Å². The lowest BCUT2D eigenvalue weighted by Crippen LogP contribution is -2.44. The molecular weight excluding hydrogens is 316 g/mol. The van der Waals surface area contributed by atoms with Gasteiger partial charge in [0.1, 0.15) is 4.88 Å².